The molecule has 0 unspecified atom stereocenters. The topological polar surface area (TPSA) is 105 Å². The molecule has 0 amide bonds. The fourth-order valence-corrected chi connectivity index (χ4v) is 4.08. The molecule has 1 aromatic carbocycles. The van der Waals surface area contributed by atoms with Crippen LogP contribution < -0.4 is 10.0 Å². The fraction of sp³-hybridized carbons (Fsp3) is 0.526. The van der Waals surface area contributed by atoms with Crippen LogP contribution in [0.1, 0.15) is 48.9 Å². The van der Waals surface area contributed by atoms with Crippen LogP contribution in [0.4, 0.5) is 5.69 Å². The van der Waals surface area contributed by atoms with Gasteiger partial charge in [0.1, 0.15) is 0 Å². The lowest BCUT2D eigenvalue weighted by Crippen LogP contribution is -2.25. The van der Waals surface area contributed by atoms with Crippen molar-refractivity contribution < 1.29 is 23.1 Å². The molecule has 0 heterocycles. The van der Waals surface area contributed by atoms with Gasteiger partial charge in [-0.25, -0.2) is 17.9 Å². The van der Waals surface area contributed by atoms with Crippen LogP contribution in [-0.4, -0.2) is 46.3 Å². The predicted octanol–water partition coefficient (Wildman–Crippen LogP) is 3.00. The van der Waals surface area contributed by atoms with Crippen molar-refractivity contribution in [2.75, 3.05) is 32.1 Å². The number of benzene rings is 1. The van der Waals surface area contributed by atoms with E-state index >= 15 is 0 Å². The second-order valence-electron chi connectivity index (χ2n) is 6.54. The molecule has 1 aliphatic carbocycles. The van der Waals surface area contributed by atoms with Gasteiger partial charge in [-0.2, -0.15) is 0 Å². The Bertz CT molecular complexity index is 774. The second-order valence-corrected chi connectivity index (χ2v) is 8.31. The highest BCUT2D eigenvalue weighted by Crippen LogP contribution is 2.22. The average molecular weight is 397 g/mol. The number of allylic oxidation sites excluding steroid dienone is 1. The Hall–Kier alpha value is -1.90. The van der Waals surface area contributed by atoms with E-state index < -0.39 is 16.0 Å². The number of anilines is 1. The van der Waals surface area contributed by atoms with Gasteiger partial charge in [0.05, 0.1) is 10.5 Å². The van der Waals surface area contributed by atoms with E-state index in [0.29, 0.717) is 38.2 Å². The molecular weight excluding hydrogens is 368 g/mol. The zero-order chi connectivity index (χ0) is 19.7. The van der Waals surface area contributed by atoms with Crippen LogP contribution in [0.15, 0.2) is 34.7 Å². The molecule has 0 aliphatic heterocycles. The number of methoxy groups -OCH3 is 1. The summed E-state index contributed by atoms with van der Waals surface area (Å²) in [5.74, 6) is -1.17. The highest BCUT2D eigenvalue weighted by molar-refractivity contribution is 7.89. The van der Waals surface area contributed by atoms with Crippen molar-refractivity contribution in [2.24, 2.45) is 0 Å². The lowest BCUT2D eigenvalue weighted by Gasteiger charge is -2.14. The summed E-state index contributed by atoms with van der Waals surface area (Å²) < 4.78 is 32.5. The summed E-state index contributed by atoms with van der Waals surface area (Å²) in [5, 5.41) is 12.4. The minimum absolute atomic E-state index is 0.0417. The molecule has 0 bridgehead atoms. The smallest absolute Gasteiger partial charge is 0.337 e. The van der Waals surface area contributed by atoms with E-state index in [9.17, 15) is 18.3 Å². The zero-order valence-electron chi connectivity index (χ0n) is 15.7. The third-order valence-corrected chi connectivity index (χ3v) is 5.95. The molecule has 0 saturated heterocycles. The number of aromatic carboxylic acids is 1. The minimum atomic E-state index is -3.75. The molecule has 0 fully saturated rings. The molecule has 2 rings (SSSR count). The summed E-state index contributed by atoms with van der Waals surface area (Å²) in [6.07, 6.45) is 8.01. The molecule has 3 N–H and O–H groups in total. The first-order chi connectivity index (χ1) is 12.9. The van der Waals surface area contributed by atoms with Crippen LogP contribution in [0.5, 0.6) is 0 Å². The molecule has 8 heteroatoms. The maximum atomic E-state index is 12.5. The number of hydrogen-bond acceptors (Lipinski definition) is 5. The Labute approximate surface area is 160 Å². The normalized spacial score (nSPS) is 14.6. The molecule has 0 atom stereocenters. The summed E-state index contributed by atoms with van der Waals surface area (Å²) in [6, 6.07) is 4.12. The van der Waals surface area contributed by atoms with Gasteiger partial charge in [0, 0.05) is 32.5 Å². The SMILES string of the molecule is COCCCNc1ccc(S(=O)(=O)NCCC2=CCCCC2)cc1C(=O)O. The summed E-state index contributed by atoms with van der Waals surface area (Å²) in [7, 11) is -2.15. The third-order valence-electron chi connectivity index (χ3n) is 4.50. The molecule has 0 spiro atoms. The minimum Gasteiger partial charge on any atom is -0.478 e. The maximum Gasteiger partial charge on any atom is 0.337 e. The van der Waals surface area contributed by atoms with Crippen molar-refractivity contribution in [3.8, 4) is 0 Å². The molecule has 1 aliphatic rings. The van der Waals surface area contributed by atoms with Crippen LogP contribution in [0.25, 0.3) is 0 Å². The van der Waals surface area contributed by atoms with Crippen molar-refractivity contribution in [2.45, 2.75) is 43.4 Å². The number of sulfonamides is 1. The molecule has 0 aromatic heterocycles. The van der Waals surface area contributed by atoms with E-state index in [4.69, 9.17) is 4.74 Å². The third kappa shape index (κ3) is 6.64. The van der Waals surface area contributed by atoms with E-state index in [-0.39, 0.29) is 10.5 Å². The first kappa shape index (κ1) is 21.4. The van der Waals surface area contributed by atoms with Gasteiger partial charge in [-0.15, -0.1) is 0 Å². The molecule has 27 heavy (non-hydrogen) atoms. The maximum absolute atomic E-state index is 12.5. The van der Waals surface area contributed by atoms with Gasteiger partial charge in [0.2, 0.25) is 10.0 Å². The fourth-order valence-electron chi connectivity index (χ4n) is 3.02. The van der Waals surface area contributed by atoms with E-state index in [1.807, 2.05) is 0 Å². The van der Waals surface area contributed by atoms with Gasteiger partial charge in [0.25, 0.3) is 0 Å². The summed E-state index contributed by atoms with van der Waals surface area (Å²) in [5.41, 5.74) is 1.61. The number of nitrogens with one attached hydrogen (secondary N) is 2. The standard InChI is InChI=1S/C19H28N2O5S/c1-26-13-5-11-20-18-9-8-16(14-17(18)19(22)23)27(24,25)21-12-10-15-6-3-2-4-7-15/h6,8-9,14,20-21H,2-5,7,10-13H2,1H3,(H,22,23). The number of ether oxygens (including phenoxy) is 1. The quantitative estimate of drug-likeness (QED) is 0.392. The predicted molar refractivity (Wildman–Crippen MR) is 105 cm³/mol. The summed E-state index contributed by atoms with van der Waals surface area (Å²) in [4.78, 5) is 11.5. The largest absolute Gasteiger partial charge is 0.478 e. The monoisotopic (exact) mass is 396 g/mol. The van der Waals surface area contributed by atoms with Gasteiger partial charge in [-0.05, 0) is 56.7 Å². The Morgan fingerprint density at radius 2 is 2.07 bits per heavy atom. The van der Waals surface area contributed by atoms with Crippen molar-refractivity contribution in [1.82, 2.24) is 4.72 Å². The van der Waals surface area contributed by atoms with E-state index in [1.54, 1.807) is 7.11 Å². The van der Waals surface area contributed by atoms with Gasteiger partial charge in [-0.3, -0.25) is 0 Å². The van der Waals surface area contributed by atoms with Crippen molar-refractivity contribution in [3.63, 3.8) is 0 Å². The summed E-state index contributed by atoms with van der Waals surface area (Å²) >= 11 is 0. The highest BCUT2D eigenvalue weighted by Gasteiger charge is 2.19. The first-order valence-corrected chi connectivity index (χ1v) is 10.7. The average Bonchev–Trinajstić information content (AvgIpc) is 2.66. The summed E-state index contributed by atoms with van der Waals surface area (Å²) in [6.45, 7) is 1.41. The Kier molecular flexibility index (Phi) is 8.27. The molecular formula is C19H28N2O5S. The van der Waals surface area contributed by atoms with Gasteiger partial charge < -0.3 is 15.2 Å². The van der Waals surface area contributed by atoms with Crippen LogP contribution >= 0.6 is 0 Å². The number of carboxylic acids is 1. The van der Waals surface area contributed by atoms with Crippen molar-refractivity contribution in [3.05, 3.63) is 35.4 Å². The van der Waals surface area contributed by atoms with E-state index in [1.165, 1.54) is 30.2 Å². The highest BCUT2D eigenvalue weighted by atomic mass is 32.2. The van der Waals surface area contributed by atoms with E-state index in [0.717, 1.165) is 19.3 Å². The van der Waals surface area contributed by atoms with Crippen LogP contribution in [0, 0.1) is 0 Å². The zero-order valence-corrected chi connectivity index (χ0v) is 16.5. The lowest BCUT2D eigenvalue weighted by molar-refractivity contribution is 0.0697. The lowest BCUT2D eigenvalue weighted by atomic mass is 9.97. The Morgan fingerprint density at radius 3 is 2.74 bits per heavy atom. The van der Waals surface area contributed by atoms with Gasteiger partial charge >= 0.3 is 5.97 Å². The van der Waals surface area contributed by atoms with Gasteiger partial charge in [-0.1, -0.05) is 11.6 Å². The van der Waals surface area contributed by atoms with Gasteiger partial charge in [0.15, 0.2) is 0 Å². The molecule has 0 saturated carbocycles. The number of hydrogen-bond donors (Lipinski definition) is 3. The Morgan fingerprint density at radius 1 is 1.26 bits per heavy atom. The molecule has 150 valence electrons. The van der Waals surface area contributed by atoms with Crippen LogP contribution in [0.3, 0.4) is 0 Å². The number of carbonyl (C=O) groups is 1. The first-order valence-electron chi connectivity index (χ1n) is 9.22. The van der Waals surface area contributed by atoms with Crippen LogP contribution in [0.2, 0.25) is 0 Å². The van der Waals surface area contributed by atoms with Crippen LogP contribution in [-0.2, 0) is 14.8 Å². The Balaban J connectivity index is 2.03. The van der Waals surface area contributed by atoms with Crippen molar-refractivity contribution >= 4 is 21.7 Å². The van der Waals surface area contributed by atoms with Crippen molar-refractivity contribution in [1.29, 1.82) is 0 Å². The molecule has 0 radical (unpaired) electrons. The van der Waals surface area contributed by atoms with E-state index in [2.05, 4.69) is 16.1 Å². The second kappa shape index (κ2) is 10.4. The number of carboxylic acid groups (broad SMARTS) is 1. The molecule has 7 nitrogen and oxygen atoms in total. The number of rotatable bonds is 11. The molecule has 1 aromatic rings.